The third-order valence-electron chi connectivity index (χ3n) is 6.19. The van der Waals surface area contributed by atoms with Crippen LogP contribution in [0.25, 0.3) is 0 Å². The summed E-state index contributed by atoms with van der Waals surface area (Å²) in [5.74, 6) is 1.66. The van der Waals surface area contributed by atoms with Crippen LogP contribution in [0.5, 0.6) is 0 Å². The number of nitrogens with zero attached hydrogens (tertiary/aromatic N) is 1. The largest absolute Gasteiger partial charge is 0.343 e. The SMILES string of the molecule is Cl.O=C1Nc2ccccc2CC1CCC(=O)N1CC[C@@H]2CNC[C@@H]2CC1. The first-order valence-corrected chi connectivity index (χ1v) is 9.58. The highest BCUT2D eigenvalue weighted by Gasteiger charge is 2.32. The first-order chi connectivity index (χ1) is 12.2. The molecule has 0 bridgehead atoms. The molecule has 3 heterocycles. The Morgan fingerprint density at radius 3 is 2.54 bits per heavy atom. The van der Waals surface area contributed by atoms with Crippen LogP contribution in [0.1, 0.15) is 31.2 Å². The summed E-state index contributed by atoms with van der Waals surface area (Å²) in [5.41, 5.74) is 2.09. The summed E-state index contributed by atoms with van der Waals surface area (Å²) in [6, 6.07) is 7.94. The lowest BCUT2D eigenvalue weighted by Crippen LogP contribution is -2.35. The molecule has 0 radical (unpaired) electrons. The Bertz CT molecular complexity index is 652. The molecule has 3 aliphatic rings. The first kappa shape index (κ1) is 19.2. The first-order valence-electron chi connectivity index (χ1n) is 9.58. The van der Waals surface area contributed by atoms with Crippen LogP contribution in [0.2, 0.25) is 0 Å². The molecule has 3 atom stereocenters. The van der Waals surface area contributed by atoms with Gasteiger partial charge in [-0.1, -0.05) is 18.2 Å². The van der Waals surface area contributed by atoms with Crippen LogP contribution < -0.4 is 10.6 Å². The summed E-state index contributed by atoms with van der Waals surface area (Å²) in [5, 5.41) is 6.45. The fourth-order valence-electron chi connectivity index (χ4n) is 4.57. The fraction of sp³-hybridized carbons (Fsp3) is 0.600. The Hall–Kier alpha value is -1.59. The Kier molecular flexibility index (Phi) is 6.20. The van der Waals surface area contributed by atoms with Gasteiger partial charge in [-0.2, -0.15) is 0 Å². The van der Waals surface area contributed by atoms with Crippen molar-refractivity contribution in [3.05, 3.63) is 29.8 Å². The van der Waals surface area contributed by atoms with E-state index in [0.717, 1.165) is 63.0 Å². The predicted octanol–water partition coefficient (Wildman–Crippen LogP) is 2.46. The van der Waals surface area contributed by atoms with Gasteiger partial charge in [0.1, 0.15) is 0 Å². The van der Waals surface area contributed by atoms with Crippen molar-refractivity contribution in [2.24, 2.45) is 17.8 Å². The molecule has 2 saturated heterocycles. The van der Waals surface area contributed by atoms with Crippen molar-refractivity contribution in [1.29, 1.82) is 0 Å². The molecule has 1 unspecified atom stereocenters. The van der Waals surface area contributed by atoms with E-state index < -0.39 is 0 Å². The number of likely N-dealkylation sites (tertiary alicyclic amines) is 1. The van der Waals surface area contributed by atoms with Crippen molar-refractivity contribution in [2.45, 2.75) is 32.1 Å². The van der Waals surface area contributed by atoms with E-state index in [1.54, 1.807) is 0 Å². The number of nitrogens with one attached hydrogen (secondary N) is 2. The second kappa shape index (κ2) is 8.40. The number of hydrogen-bond acceptors (Lipinski definition) is 3. The van der Waals surface area contributed by atoms with E-state index in [2.05, 4.69) is 16.7 Å². The predicted molar refractivity (Wildman–Crippen MR) is 104 cm³/mol. The van der Waals surface area contributed by atoms with Crippen LogP contribution >= 0.6 is 12.4 Å². The van der Waals surface area contributed by atoms with Gasteiger partial charge in [-0.25, -0.2) is 0 Å². The van der Waals surface area contributed by atoms with Gasteiger partial charge in [0.15, 0.2) is 0 Å². The molecule has 0 aliphatic carbocycles. The lowest BCUT2D eigenvalue weighted by Gasteiger charge is -2.26. The summed E-state index contributed by atoms with van der Waals surface area (Å²) >= 11 is 0. The maximum atomic E-state index is 12.6. The van der Waals surface area contributed by atoms with Gasteiger partial charge >= 0.3 is 0 Å². The van der Waals surface area contributed by atoms with Crippen molar-refractivity contribution in [3.8, 4) is 0 Å². The Morgan fingerprint density at radius 2 is 1.81 bits per heavy atom. The van der Waals surface area contributed by atoms with Gasteiger partial charge in [-0.15, -0.1) is 12.4 Å². The zero-order valence-electron chi connectivity index (χ0n) is 15.1. The van der Waals surface area contributed by atoms with Crippen LogP contribution in [0, 0.1) is 17.8 Å². The number of rotatable bonds is 3. The molecule has 6 heteroatoms. The van der Waals surface area contributed by atoms with Crippen molar-refractivity contribution in [3.63, 3.8) is 0 Å². The average Bonchev–Trinajstić information content (AvgIpc) is 2.98. The van der Waals surface area contributed by atoms with E-state index in [4.69, 9.17) is 0 Å². The van der Waals surface area contributed by atoms with Gasteiger partial charge in [0, 0.05) is 31.1 Å². The smallest absolute Gasteiger partial charge is 0.227 e. The quantitative estimate of drug-likeness (QED) is 0.850. The molecule has 0 spiro atoms. The van der Waals surface area contributed by atoms with Gasteiger partial charge in [-0.05, 0) is 62.2 Å². The minimum atomic E-state index is -0.0885. The Labute approximate surface area is 161 Å². The molecule has 1 aromatic carbocycles. The second-order valence-electron chi connectivity index (χ2n) is 7.72. The summed E-state index contributed by atoms with van der Waals surface area (Å²) in [6.45, 7) is 3.96. The topological polar surface area (TPSA) is 61.4 Å². The van der Waals surface area contributed by atoms with Crippen molar-refractivity contribution in [1.82, 2.24) is 10.2 Å². The third-order valence-corrected chi connectivity index (χ3v) is 6.19. The third kappa shape index (κ3) is 4.04. The highest BCUT2D eigenvalue weighted by Crippen LogP contribution is 2.29. The lowest BCUT2D eigenvalue weighted by atomic mass is 9.89. The van der Waals surface area contributed by atoms with Gasteiger partial charge in [-0.3, -0.25) is 9.59 Å². The van der Waals surface area contributed by atoms with Crippen LogP contribution in [0.4, 0.5) is 5.69 Å². The van der Waals surface area contributed by atoms with E-state index in [9.17, 15) is 9.59 Å². The normalized spacial score (nSPS) is 27.6. The van der Waals surface area contributed by atoms with Crippen molar-refractivity contribution in [2.75, 3.05) is 31.5 Å². The summed E-state index contributed by atoms with van der Waals surface area (Å²) < 4.78 is 0. The number of hydrogen-bond donors (Lipinski definition) is 2. The molecule has 0 aromatic heterocycles. The molecule has 4 rings (SSSR count). The monoisotopic (exact) mass is 377 g/mol. The minimum Gasteiger partial charge on any atom is -0.343 e. The maximum absolute atomic E-state index is 12.6. The molecule has 142 valence electrons. The van der Waals surface area contributed by atoms with Crippen LogP contribution in [-0.2, 0) is 16.0 Å². The number of benzene rings is 1. The standard InChI is InChI=1S/C20H27N3O2.ClH/c24-19(23-9-7-16-12-21-13-17(16)8-10-23)6-5-15-11-14-3-1-2-4-18(14)22-20(15)25;/h1-4,15-17,21H,5-13H2,(H,22,25);1H/t15?,16-,17+;. The molecule has 2 amide bonds. The van der Waals surface area contributed by atoms with Gasteiger partial charge in [0.2, 0.25) is 11.8 Å². The number of carbonyl (C=O) groups is 2. The summed E-state index contributed by atoms with van der Waals surface area (Å²) in [6.07, 6.45) is 4.09. The minimum absolute atomic E-state index is 0. The molecule has 26 heavy (non-hydrogen) atoms. The molecule has 3 aliphatic heterocycles. The Balaban J connectivity index is 0.00000196. The summed E-state index contributed by atoms with van der Waals surface area (Å²) in [4.78, 5) is 27.0. The van der Waals surface area contributed by atoms with Crippen LogP contribution in [0.3, 0.4) is 0 Å². The number of amides is 2. The second-order valence-corrected chi connectivity index (χ2v) is 7.72. The van der Waals surface area contributed by atoms with Crippen LogP contribution in [-0.4, -0.2) is 42.9 Å². The molecule has 0 saturated carbocycles. The molecule has 2 N–H and O–H groups in total. The maximum Gasteiger partial charge on any atom is 0.227 e. The van der Waals surface area contributed by atoms with Gasteiger partial charge in [0.05, 0.1) is 0 Å². The molecular weight excluding hydrogens is 350 g/mol. The van der Waals surface area contributed by atoms with Crippen LogP contribution in [0.15, 0.2) is 24.3 Å². The zero-order valence-corrected chi connectivity index (χ0v) is 15.9. The number of anilines is 1. The fourth-order valence-corrected chi connectivity index (χ4v) is 4.57. The van der Waals surface area contributed by atoms with Crippen molar-refractivity contribution >= 4 is 29.9 Å². The van der Waals surface area contributed by atoms with E-state index in [1.165, 1.54) is 5.56 Å². The molecule has 1 aromatic rings. The lowest BCUT2D eigenvalue weighted by molar-refractivity contribution is -0.131. The molecule has 2 fully saturated rings. The van der Waals surface area contributed by atoms with E-state index >= 15 is 0 Å². The summed E-state index contributed by atoms with van der Waals surface area (Å²) in [7, 11) is 0. The molecular formula is C20H28ClN3O2. The van der Waals surface area contributed by atoms with E-state index in [1.807, 2.05) is 23.1 Å². The zero-order chi connectivity index (χ0) is 17.2. The Morgan fingerprint density at radius 1 is 1.12 bits per heavy atom. The van der Waals surface area contributed by atoms with Gasteiger partial charge in [0.25, 0.3) is 0 Å². The number of halogens is 1. The number of carbonyl (C=O) groups excluding carboxylic acids is 2. The van der Waals surface area contributed by atoms with Crippen molar-refractivity contribution < 1.29 is 9.59 Å². The number of para-hydroxylation sites is 1. The molecule has 5 nitrogen and oxygen atoms in total. The highest BCUT2D eigenvalue weighted by molar-refractivity contribution is 5.96. The van der Waals surface area contributed by atoms with Gasteiger partial charge < -0.3 is 15.5 Å². The average molecular weight is 378 g/mol. The highest BCUT2D eigenvalue weighted by atomic mass is 35.5. The van der Waals surface area contributed by atoms with E-state index in [-0.39, 0.29) is 30.1 Å². The number of fused-ring (bicyclic) bond motifs is 2. The van der Waals surface area contributed by atoms with E-state index in [0.29, 0.717) is 12.8 Å².